The van der Waals surface area contributed by atoms with Crippen molar-refractivity contribution in [1.29, 1.82) is 0 Å². The van der Waals surface area contributed by atoms with Crippen LogP contribution in [0, 0.1) is 11.2 Å². The van der Waals surface area contributed by atoms with Gasteiger partial charge in [-0.25, -0.2) is 12.8 Å². The molecule has 2 saturated heterocycles. The molecule has 0 saturated carbocycles. The van der Waals surface area contributed by atoms with Crippen LogP contribution in [-0.4, -0.2) is 77.0 Å². The number of hydrogen-bond donors (Lipinski definition) is 2. The second-order valence-electron chi connectivity index (χ2n) is 13.0. The lowest BCUT2D eigenvalue weighted by Gasteiger charge is -2.48. The summed E-state index contributed by atoms with van der Waals surface area (Å²) in [6.07, 6.45) is -7.77. The maximum absolute atomic E-state index is 13.9. The van der Waals surface area contributed by atoms with Gasteiger partial charge in [0.25, 0.3) is 11.8 Å². The Morgan fingerprint density at radius 3 is 2.31 bits per heavy atom. The lowest BCUT2D eigenvalue weighted by Crippen LogP contribution is -2.58. The normalized spacial score (nSPS) is 16.3. The molecule has 0 unspecified atom stereocenters. The molecule has 0 atom stereocenters. The number of amides is 2. The van der Waals surface area contributed by atoms with E-state index < -0.39 is 56.6 Å². The van der Waals surface area contributed by atoms with E-state index in [1.165, 1.54) is 13.4 Å². The van der Waals surface area contributed by atoms with Crippen LogP contribution >= 0.6 is 11.3 Å². The number of fused-ring (bicyclic) bond motifs is 1. The Labute approximate surface area is 297 Å². The molecule has 2 N–H and O–H groups in total. The molecule has 1 aromatic heterocycles. The number of hydrogen-bond acceptors (Lipinski definition) is 8. The zero-order chi connectivity index (χ0) is 37.8. The Hall–Kier alpha value is -4.42. The van der Waals surface area contributed by atoms with E-state index in [0.717, 1.165) is 43.8 Å². The molecule has 9 nitrogen and oxygen atoms in total. The first kappa shape index (κ1) is 37.3. The summed E-state index contributed by atoms with van der Waals surface area (Å²) in [6, 6.07) is 9.37. The second-order valence-corrected chi connectivity index (χ2v) is 16.3. The van der Waals surface area contributed by atoms with Gasteiger partial charge in [0.1, 0.15) is 26.3 Å². The summed E-state index contributed by atoms with van der Waals surface area (Å²) in [6.45, 7) is 3.21. The molecule has 2 fully saturated rings. The molecule has 278 valence electrons. The average Bonchev–Trinajstić information content (AvgIpc) is 3.65. The molecular formula is C34H31F7N4O5S2. The number of alkyl halides is 6. The number of ether oxygens (including phenoxy) is 1. The highest BCUT2D eigenvalue weighted by Gasteiger charge is 2.47. The van der Waals surface area contributed by atoms with Gasteiger partial charge in [-0.15, -0.1) is 11.3 Å². The molecule has 2 aliphatic rings. The number of anilines is 3. The number of rotatable bonds is 9. The Balaban J connectivity index is 1.28. The van der Waals surface area contributed by atoms with Gasteiger partial charge in [-0.3, -0.25) is 9.59 Å². The highest BCUT2D eigenvalue weighted by atomic mass is 32.2. The van der Waals surface area contributed by atoms with Crippen molar-refractivity contribution in [1.82, 2.24) is 4.90 Å². The highest BCUT2D eigenvalue weighted by Crippen LogP contribution is 2.43. The van der Waals surface area contributed by atoms with E-state index in [1.54, 1.807) is 18.2 Å². The minimum Gasteiger partial charge on any atom is -0.496 e. The number of nitrogens with one attached hydrogen (secondary N) is 2. The zero-order valence-electron chi connectivity index (χ0n) is 27.5. The van der Waals surface area contributed by atoms with E-state index in [1.807, 2.05) is 0 Å². The molecule has 18 heteroatoms. The van der Waals surface area contributed by atoms with E-state index in [4.69, 9.17) is 4.74 Å². The first-order valence-electron chi connectivity index (χ1n) is 15.7. The molecule has 3 heterocycles. The van der Waals surface area contributed by atoms with Crippen molar-refractivity contribution >= 4 is 60.1 Å². The van der Waals surface area contributed by atoms with Gasteiger partial charge in [0.2, 0.25) is 0 Å². The van der Waals surface area contributed by atoms with Crippen LogP contribution in [0.5, 0.6) is 5.75 Å². The van der Waals surface area contributed by atoms with Crippen molar-refractivity contribution in [3.05, 3.63) is 82.0 Å². The Morgan fingerprint density at radius 1 is 0.923 bits per heavy atom. The summed E-state index contributed by atoms with van der Waals surface area (Å²) in [5, 5.41) is 4.91. The van der Waals surface area contributed by atoms with Crippen molar-refractivity contribution < 1.29 is 53.5 Å². The van der Waals surface area contributed by atoms with Crippen LogP contribution in [0.1, 0.15) is 37.6 Å². The fourth-order valence-corrected chi connectivity index (χ4v) is 8.27. The molecule has 3 aromatic carbocycles. The van der Waals surface area contributed by atoms with E-state index in [2.05, 4.69) is 20.4 Å². The summed E-state index contributed by atoms with van der Waals surface area (Å²) < 4.78 is 123. The predicted molar refractivity (Wildman–Crippen MR) is 183 cm³/mol. The van der Waals surface area contributed by atoms with Crippen LogP contribution in [0.25, 0.3) is 10.1 Å². The molecular weight excluding hydrogens is 742 g/mol. The first-order chi connectivity index (χ1) is 24.2. The van der Waals surface area contributed by atoms with Gasteiger partial charge in [0, 0.05) is 65.9 Å². The van der Waals surface area contributed by atoms with Crippen LogP contribution in [-0.2, 0) is 22.2 Å². The topological polar surface area (TPSA) is 108 Å². The number of halogens is 7. The number of sulfone groups is 1. The Morgan fingerprint density at radius 2 is 1.65 bits per heavy atom. The van der Waals surface area contributed by atoms with Crippen molar-refractivity contribution in [2.45, 2.75) is 18.8 Å². The molecule has 0 aliphatic carbocycles. The summed E-state index contributed by atoms with van der Waals surface area (Å²) in [4.78, 5) is 31.3. The lowest BCUT2D eigenvalue weighted by atomic mass is 9.79. The first-order valence-corrected chi connectivity index (χ1v) is 18.6. The summed E-state index contributed by atoms with van der Waals surface area (Å²) in [5.41, 5.74) is -2.62. The number of nitrogens with zero attached hydrogens (tertiary/aromatic N) is 2. The quantitative estimate of drug-likeness (QED) is 0.174. The zero-order valence-corrected chi connectivity index (χ0v) is 29.2. The molecule has 2 amide bonds. The van der Waals surface area contributed by atoms with Crippen LogP contribution in [0.15, 0.2) is 54.6 Å². The number of likely N-dealkylation sites (tertiary alicyclic amines) is 1. The number of benzene rings is 3. The summed E-state index contributed by atoms with van der Waals surface area (Å²) in [7, 11) is -1.75. The Bertz CT molecular complexity index is 2160. The molecule has 0 bridgehead atoms. The standard InChI is InChI=1S/C34H31F7N4O5S2/c1-50-26-8-5-21(45-10-9-32(18-45)16-44(17-32)11-12-52(2,48)49)15-23(26)30(46)43-28-22-6-3-19(33(36,37)38)13-27(22)51-29(28)31(47)42-20-4-7-25(35)24(14-20)34(39,40)41/h3-8,13-15H,9-12,16-18H2,1-2H3,(H,42,47)(H,43,46). The van der Waals surface area contributed by atoms with Gasteiger partial charge in [0.05, 0.1) is 35.2 Å². The lowest BCUT2D eigenvalue weighted by molar-refractivity contribution is -0.140. The predicted octanol–water partition coefficient (Wildman–Crippen LogP) is 7.15. The molecule has 1 spiro atoms. The van der Waals surface area contributed by atoms with Crippen molar-refractivity contribution in [2.75, 3.05) is 67.4 Å². The third-order valence-corrected chi connectivity index (χ3v) is 11.2. The number of thiophene rings is 1. The van der Waals surface area contributed by atoms with Gasteiger partial charge in [-0.1, -0.05) is 6.07 Å². The van der Waals surface area contributed by atoms with Gasteiger partial charge in [-0.05, 0) is 55.0 Å². The van der Waals surface area contributed by atoms with E-state index in [9.17, 15) is 48.7 Å². The van der Waals surface area contributed by atoms with Gasteiger partial charge in [-0.2, -0.15) is 26.3 Å². The smallest absolute Gasteiger partial charge is 0.419 e. The fraction of sp³-hybridized carbons (Fsp3) is 0.353. The third kappa shape index (κ3) is 7.83. The largest absolute Gasteiger partial charge is 0.496 e. The second kappa shape index (κ2) is 13.5. The average molecular weight is 773 g/mol. The van der Waals surface area contributed by atoms with Gasteiger partial charge >= 0.3 is 12.4 Å². The van der Waals surface area contributed by atoms with Crippen LogP contribution < -0.4 is 20.3 Å². The maximum atomic E-state index is 13.9. The van der Waals surface area contributed by atoms with Crippen LogP contribution in [0.2, 0.25) is 0 Å². The molecule has 0 radical (unpaired) electrons. The van der Waals surface area contributed by atoms with E-state index >= 15 is 0 Å². The van der Waals surface area contributed by atoms with Gasteiger partial charge in [0.15, 0.2) is 0 Å². The number of methoxy groups -OCH3 is 1. The maximum Gasteiger partial charge on any atom is 0.419 e. The van der Waals surface area contributed by atoms with Crippen LogP contribution in [0.3, 0.4) is 0 Å². The number of carbonyl (C=O) groups is 2. The molecule has 6 rings (SSSR count). The van der Waals surface area contributed by atoms with Crippen molar-refractivity contribution in [2.24, 2.45) is 5.41 Å². The third-order valence-electron chi connectivity index (χ3n) is 9.12. The van der Waals surface area contributed by atoms with E-state index in [-0.39, 0.29) is 43.1 Å². The SMILES string of the molecule is COc1ccc(N2CCC3(CN(CCS(C)(=O)=O)C3)C2)cc1C(=O)Nc1c(C(=O)Nc2ccc(F)c(C(F)(F)F)c2)sc2cc(C(F)(F)F)ccc12. The molecule has 52 heavy (non-hydrogen) atoms. The summed E-state index contributed by atoms with van der Waals surface area (Å²) >= 11 is 0.579. The molecule has 2 aliphatic heterocycles. The van der Waals surface area contributed by atoms with Crippen molar-refractivity contribution in [3.8, 4) is 5.75 Å². The van der Waals surface area contributed by atoms with Gasteiger partial charge < -0.3 is 25.2 Å². The van der Waals surface area contributed by atoms with E-state index in [0.29, 0.717) is 48.8 Å². The minimum absolute atomic E-state index is 0.0373. The highest BCUT2D eigenvalue weighted by molar-refractivity contribution is 7.90. The summed E-state index contributed by atoms with van der Waals surface area (Å²) in [5.74, 6) is -3.18. The number of carbonyl (C=O) groups excluding carboxylic acids is 2. The van der Waals surface area contributed by atoms with Crippen molar-refractivity contribution in [3.63, 3.8) is 0 Å². The molecule has 4 aromatic rings. The fourth-order valence-electron chi connectivity index (χ4n) is 6.59. The Kier molecular flexibility index (Phi) is 9.71. The minimum atomic E-state index is -5.07. The monoisotopic (exact) mass is 772 g/mol. The van der Waals surface area contributed by atoms with Crippen LogP contribution in [0.4, 0.5) is 47.8 Å².